The standard InChI is InChI=1S/C27H27ClN4O/c1-19-6-4-5-7-24(19)32-25(20-8-11-22(28)12-9-20)14-15-26(32)23-13-10-21(18-30-23)27(33)29-16-17-31(2)3/h4-15,18H,16-17H2,1-3H3,(H,29,33). The molecule has 6 heteroatoms. The first-order valence-corrected chi connectivity index (χ1v) is 11.2. The Kier molecular flexibility index (Phi) is 6.92. The number of halogens is 1. The monoisotopic (exact) mass is 458 g/mol. The van der Waals surface area contributed by atoms with E-state index in [9.17, 15) is 4.79 Å². The summed E-state index contributed by atoms with van der Waals surface area (Å²) in [6.45, 7) is 3.47. The van der Waals surface area contributed by atoms with Gasteiger partial charge in [-0.3, -0.25) is 9.78 Å². The number of carbonyl (C=O) groups is 1. The Morgan fingerprint density at radius 1 is 0.970 bits per heavy atom. The van der Waals surface area contributed by atoms with Gasteiger partial charge >= 0.3 is 0 Å². The molecule has 4 aromatic rings. The van der Waals surface area contributed by atoms with Gasteiger partial charge < -0.3 is 14.8 Å². The van der Waals surface area contributed by atoms with Gasteiger partial charge in [0.05, 0.1) is 22.6 Å². The van der Waals surface area contributed by atoms with E-state index in [1.165, 1.54) is 0 Å². The number of nitrogens with one attached hydrogen (secondary N) is 1. The molecule has 0 aliphatic rings. The van der Waals surface area contributed by atoms with Crippen molar-refractivity contribution < 1.29 is 4.79 Å². The van der Waals surface area contributed by atoms with Gasteiger partial charge in [0.2, 0.25) is 0 Å². The number of aromatic nitrogens is 2. The largest absolute Gasteiger partial charge is 0.351 e. The lowest BCUT2D eigenvalue weighted by molar-refractivity contribution is 0.0950. The first kappa shape index (κ1) is 22.8. The number of benzene rings is 2. The van der Waals surface area contributed by atoms with E-state index in [0.29, 0.717) is 17.1 Å². The minimum atomic E-state index is -0.118. The van der Waals surface area contributed by atoms with Crippen LogP contribution < -0.4 is 5.32 Å². The van der Waals surface area contributed by atoms with Crippen LogP contribution in [0.1, 0.15) is 15.9 Å². The van der Waals surface area contributed by atoms with Crippen LogP contribution in [-0.2, 0) is 0 Å². The lowest BCUT2D eigenvalue weighted by atomic mass is 10.1. The van der Waals surface area contributed by atoms with Crippen LogP contribution in [0.25, 0.3) is 28.3 Å². The molecule has 0 unspecified atom stereocenters. The van der Waals surface area contributed by atoms with Gasteiger partial charge in [-0.05, 0) is 74.6 Å². The molecular formula is C27H27ClN4O. The van der Waals surface area contributed by atoms with Crippen molar-refractivity contribution in [1.29, 1.82) is 0 Å². The van der Waals surface area contributed by atoms with E-state index in [1.54, 1.807) is 6.20 Å². The molecular weight excluding hydrogens is 432 g/mol. The molecule has 0 saturated carbocycles. The van der Waals surface area contributed by atoms with Crippen molar-refractivity contribution in [2.75, 3.05) is 27.2 Å². The average molecular weight is 459 g/mol. The summed E-state index contributed by atoms with van der Waals surface area (Å²) in [4.78, 5) is 19.1. The first-order chi connectivity index (χ1) is 15.9. The van der Waals surface area contributed by atoms with Gasteiger partial charge in [0, 0.05) is 30.0 Å². The Morgan fingerprint density at radius 2 is 1.70 bits per heavy atom. The molecule has 1 N–H and O–H groups in total. The van der Waals surface area contributed by atoms with Gasteiger partial charge in [-0.25, -0.2) is 0 Å². The van der Waals surface area contributed by atoms with Gasteiger partial charge in [0.25, 0.3) is 5.91 Å². The second-order valence-corrected chi connectivity index (χ2v) is 8.66. The molecule has 0 bridgehead atoms. The summed E-state index contributed by atoms with van der Waals surface area (Å²) in [6, 6.07) is 24.0. The molecule has 33 heavy (non-hydrogen) atoms. The Balaban J connectivity index is 1.71. The second-order valence-electron chi connectivity index (χ2n) is 8.22. The fourth-order valence-electron chi connectivity index (χ4n) is 3.73. The zero-order valence-electron chi connectivity index (χ0n) is 19.0. The molecule has 2 aromatic heterocycles. The van der Waals surface area contributed by atoms with Crippen LogP contribution >= 0.6 is 11.6 Å². The van der Waals surface area contributed by atoms with Crippen LogP contribution in [0.15, 0.2) is 79.0 Å². The number of para-hydroxylation sites is 1. The third kappa shape index (κ3) is 5.16. The molecule has 0 saturated heterocycles. The molecule has 0 atom stereocenters. The molecule has 4 rings (SSSR count). The Hall–Kier alpha value is -3.41. The number of rotatable bonds is 7. The number of nitrogens with zero attached hydrogens (tertiary/aromatic N) is 3. The van der Waals surface area contributed by atoms with Crippen molar-refractivity contribution in [3.05, 3.63) is 95.1 Å². The summed E-state index contributed by atoms with van der Waals surface area (Å²) < 4.78 is 2.21. The highest BCUT2D eigenvalue weighted by atomic mass is 35.5. The Labute approximate surface area is 199 Å². The quantitative estimate of drug-likeness (QED) is 0.400. The number of likely N-dealkylation sites (N-methyl/N-ethyl adjacent to an activating group) is 1. The van der Waals surface area contributed by atoms with Crippen LogP contribution in [0.4, 0.5) is 0 Å². The molecule has 0 spiro atoms. The lowest BCUT2D eigenvalue weighted by Gasteiger charge is -2.16. The fraction of sp³-hybridized carbons (Fsp3) is 0.185. The van der Waals surface area contributed by atoms with E-state index in [-0.39, 0.29) is 5.91 Å². The maximum atomic E-state index is 12.4. The maximum Gasteiger partial charge on any atom is 0.252 e. The summed E-state index contributed by atoms with van der Waals surface area (Å²) in [5, 5.41) is 3.63. The molecule has 2 heterocycles. The van der Waals surface area contributed by atoms with Crippen molar-refractivity contribution in [3.63, 3.8) is 0 Å². The van der Waals surface area contributed by atoms with E-state index in [4.69, 9.17) is 11.6 Å². The van der Waals surface area contributed by atoms with Gasteiger partial charge in [0.15, 0.2) is 0 Å². The molecule has 2 aromatic carbocycles. The maximum absolute atomic E-state index is 12.4. The molecule has 0 aliphatic heterocycles. The van der Waals surface area contributed by atoms with Crippen molar-refractivity contribution >= 4 is 17.5 Å². The molecule has 0 aliphatic carbocycles. The zero-order chi connectivity index (χ0) is 23.4. The predicted molar refractivity (Wildman–Crippen MR) is 135 cm³/mol. The summed E-state index contributed by atoms with van der Waals surface area (Å²) in [5.41, 5.74) is 6.63. The van der Waals surface area contributed by atoms with Crippen molar-refractivity contribution in [3.8, 4) is 28.3 Å². The van der Waals surface area contributed by atoms with Gasteiger partial charge in [0.1, 0.15) is 0 Å². The van der Waals surface area contributed by atoms with E-state index in [1.807, 2.05) is 67.5 Å². The fourth-order valence-corrected chi connectivity index (χ4v) is 3.86. The summed E-state index contributed by atoms with van der Waals surface area (Å²) in [6.07, 6.45) is 1.64. The second kappa shape index (κ2) is 10.0. The third-order valence-corrected chi connectivity index (χ3v) is 5.76. The van der Waals surface area contributed by atoms with Gasteiger partial charge in [-0.2, -0.15) is 0 Å². The smallest absolute Gasteiger partial charge is 0.252 e. The topological polar surface area (TPSA) is 50.2 Å². The Morgan fingerprint density at radius 3 is 2.36 bits per heavy atom. The number of pyridine rings is 1. The van der Waals surface area contributed by atoms with Crippen LogP contribution in [0.3, 0.4) is 0 Å². The van der Waals surface area contributed by atoms with E-state index in [2.05, 4.69) is 46.1 Å². The molecule has 5 nitrogen and oxygen atoms in total. The van der Waals surface area contributed by atoms with Crippen LogP contribution in [0.5, 0.6) is 0 Å². The lowest BCUT2D eigenvalue weighted by Crippen LogP contribution is -2.31. The van der Waals surface area contributed by atoms with E-state index >= 15 is 0 Å². The number of aryl methyl sites for hydroxylation is 1. The Bertz CT molecular complexity index is 1240. The summed E-state index contributed by atoms with van der Waals surface area (Å²) >= 11 is 6.12. The highest BCUT2D eigenvalue weighted by Crippen LogP contribution is 2.33. The first-order valence-electron chi connectivity index (χ1n) is 10.9. The third-order valence-electron chi connectivity index (χ3n) is 5.51. The van der Waals surface area contributed by atoms with Crippen molar-refractivity contribution in [2.24, 2.45) is 0 Å². The van der Waals surface area contributed by atoms with Crippen LogP contribution in [0.2, 0.25) is 5.02 Å². The predicted octanol–water partition coefficient (Wildman–Crippen LogP) is 5.46. The SMILES string of the molecule is Cc1ccccc1-n1c(-c2ccc(Cl)cc2)ccc1-c1ccc(C(=O)NCCN(C)C)cn1. The highest BCUT2D eigenvalue weighted by Gasteiger charge is 2.16. The van der Waals surface area contributed by atoms with Crippen LogP contribution in [-0.4, -0.2) is 47.5 Å². The number of amides is 1. The molecule has 0 fully saturated rings. The molecule has 1 amide bonds. The van der Waals surface area contributed by atoms with Crippen molar-refractivity contribution in [1.82, 2.24) is 19.8 Å². The summed E-state index contributed by atoms with van der Waals surface area (Å²) in [5.74, 6) is -0.118. The average Bonchev–Trinajstić information content (AvgIpc) is 3.24. The van der Waals surface area contributed by atoms with Crippen molar-refractivity contribution in [2.45, 2.75) is 6.92 Å². The summed E-state index contributed by atoms with van der Waals surface area (Å²) in [7, 11) is 3.95. The zero-order valence-corrected chi connectivity index (χ0v) is 19.8. The number of carbonyl (C=O) groups excluding carboxylic acids is 1. The van der Waals surface area contributed by atoms with Gasteiger partial charge in [-0.15, -0.1) is 0 Å². The van der Waals surface area contributed by atoms with E-state index in [0.717, 1.165) is 40.4 Å². The number of hydrogen-bond acceptors (Lipinski definition) is 3. The minimum absolute atomic E-state index is 0.118. The normalized spacial score (nSPS) is 11.1. The van der Waals surface area contributed by atoms with Gasteiger partial charge in [-0.1, -0.05) is 41.9 Å². The van der Waals surface area contributed by atoms with E-state index < -0.39 is 0 Å². The highest BCUT2D eigenvalue weighted by molar-refractivity contribution is 6.30. The molecule has 0 radical (unpaired) electrons. The number of hydrogen-bond donors (Lipinski definition) is 1. The molecule has 168 valence electrons. The minimum Gasteiger partial charge on any atom is -0.351 e. The van der Waals surface area contributed by atoms with Crippen LogP contribution in [0, 0.1) is 6.92 Å².